The Hall–Kier alpha value is -2.89. The third kappa shape index (κ3) is 3.56. The van der Waals surface area contributed by atoms with E-state index in [1.807, 2.05) is 31.2 Å². The van der Waals surface area contributed by atoms with Crippen molar-refractivity contribution in [1.82, 2.24) is 0 Å². The summed E-state index contributed by atoms with van der Waals surface area (Å²) in [5, 5.41) is 22.9. The lowest BCUT2D eigenvalue weighted by molar-refractivity contribution is -0.385. The normalized spacial score (nSPS) is 10.1. The fraction of sp³-hybridized carbons (Fsp3) is 0.133. The van der Waals surface area contributed by atoms with Crippen LogP contribution in [0.2, 0.25) is 0 Å². The molecule has 0 bridgehead atoms. The van der Waals surface area contributed by atoms with Gasteiger partial charge in [0.05, 0.1) is 4.92 Å². The zero-order valence-electron chi connectivity index (χ0n) is 11.4. The number of benzene rings is 2. The number of carboxylic acid groups (broad SMARTS) is 1. The summed E-state index contributed by atoms with van der Waals surface area (Å²) in [7, 11) is 0. The summed E-state index contributed by atoms with van der Waals surface area (Å²) >= 11 is 0. The van der Waals surface area contributed by atoms with E-state index in [2.05, 4.69) is 5.32 Å². The number of nitro groups is 1. The number of nitro benzene ring substituents is 1. The standard InChI is InChI=1S/C15H14N2O4/c1-10-3-2-4-11(7-10)9-16-12-5-6-13(15(18)19)14(8-12)17(20)21/h2-8,16H,9H2,1H3,(H,18,19). The highest BCUT2D eigenvalue weighted by atomic mass is 16.6. The van der Waals surface area contributed by atoms with Crippen LogP contribution in [0.15, 0.2) is 42.5 Å². The zero-order valence-corrected chi connectivity index (χ0v) is 11.4. The Morgan fingerprint density at radius 1 is 1.29 bits per heavy atom. The first kappa shape index (κ1) is 14.5. The zero-order chi connectivity index (χ0) is 15.4. The molecule has 2 aromatic rings. The lowest BCUT2D eigenvalue weighted by Crippen LogP contribution is -2.05. The molecule has 0 heterocycles. The van der Waals surface area contributed by atoms with Crippen LogP contribution < -0.4 is 5.32 Å². The molecule has 2 aromatic carbocycles. The monoisotopic (exact) mass is 286 g/mol. The maximum Gasteiger partial charge on any atom is 0.342 e. The number of anilines is 1. The Morgan fingerprint density at radius 2 is 2.05 bits per heavy atom. The Kier molecular flexibility index (Phi) is 4.18. The second-order valence-electron chi connectivity index (χ2n) is 4.64. The number of nitrogens with one attached hydrogen (secondary N) is 1. The molecular weight excluding hydrogens is 272 g/mol. The van der Waals surface area contributed by atoms with Crippen molar-refractivity contribution < 1.29 is 14.8 Å². The van der Waals surface area contributed by atoms with E-state index in [1.165, 1.54) is 18.2 Å². The number of hydrogen-bond acceptors (Lipinski definition) is 4. The third-order valence-electron chi connectivity index (χ3n) is 3.00. The van der Waals surface area contributed by atoms with Crippen molar-refractivity contribution in [3.8, 4) is 0 Å². The Balaban J connectivity index is 2.19. The molecule has 2 N–H and O–H groups in total. The fourth-order valence-corrected chi connectivity index (χ4v) is 2.00. The molecule has 0 saturated heterocycles. The van der Waals surface area contributed by atoms with Gasteiger partial charge in [0.2, 0.25) is 0 Å². The lowest BCUT2D eigenvalue weighted by Gasteiger charge is -2.08. The van der Waals surface area contributed by atoms with Gasteiger partial charge in [-0.3, -0.25) is 10.1 Å². The first-order chi connectivity index (χ1) is 9.97. The predicted octanol–water partition coefficient (Wildman–Crippen LogP) is 3.21. The second kappa shape index (κ2) is 6.04. The third-order valence-corrected chi connectivity index (χ3v) is 3.00. The summed E-state index contributed by atoms with van der Waals surface area (Å²) in [6.45, 7) is 2.49. The molecule has 0 saturated carbocycles. The minimum absolute atomic E-state index is 0.318. The van der Waals surface area contributed by atoms with Crippen LogP contribution in [-0.2, 0) is 6.54 Å². The molecule has 0 aliphatic heterocycles. The van der Waals surface area contributed by atoms with Crippen LogP contribution in [-0.4, -0.2) is 16.0 Å². The number of nitrogens with zero attached hydrogens (tertiary/aromatic N) is 1. The highest BCUT2D eigenvalue weighted by Gasteiger charge is 2.19. The molecule has 0 atom stereocenters. The van der Waals surface area contributed by atoms with E-state index in [1.54, 1.807) is 0 Å². The van der Waals surface area contributed by atoms with Gasteiger partial charge in [-0.25, -0.2) is 4.79 Å². The van der Waals surface area contributed by atoms with E-state index in [0.717, 1.165) is 11.1 Å². The van der Waals surface area contributed by atoms with Crippen LogP contribution in [0, 0.1) is 17.0 Å². The highest BCUT2D eigenvalue weighted by Crippen LogP contribution is 2.23. The van der Waals surface area contributed by atoms with Gasteiger partial charge in [-0.05, 0) is 24.6 Å². The van der Waals surface area contributed by atoms with Crippen molar-refractivity contribution in [2.24, 2.45) is 0 Å². The van der Waals surface area contributed by atoms with Crippen molar-refractivity contribution in [2.75, 3.05) is 5.32 Å². The Labute approximate surface area is 121 Å². The van der Waals surface area contributed by atoms with E-state index in [-0.39, 0.29) is 5.56 Å². The average Bonchev–Trinajstić information content (AvgIpc) is 2.44. The SMILES string of the molecule is Cc1cccc(CNc2ccc(C(=O)O)c([N+](=O)[O-])c2)c1. The average molecular weight is 286 g/mol. The summed E-state index contributed by atoms with van der Waals surface area (Å²) in [6.07, 6.45) is 0. The van der Waals surface area contributed by atoms with Crippen LogP contribution in [0.1, 0.15) is 21.5 Å². The number of aromatic carboxylic acids is 1. The molecule has 0 fully saturated rings. The molecule has 0 unspecified atom stereocenters. The van der Waals surface area contributed by atoms with Crippen molar-refractivity contribution in [1.29, 1.82) is 0 Å². The van der Waals surface area contributed by atoms with Gasteiger partial charge in [-0.2, -0.15) is 0 Å². The predicted molar refractivity (Wildman–Crippen MR) is 78.6 cm³/mol. The van der Waals surface area contributed by atoms with Crippen LogP contribution in [0.3, 0.4) is 0 Å². The van der Waals surface area contributed by atoms with Gasteiger partial charge in [0.1, 0.15) is 5.56 Å². The molecule has 21 heavy (non-hydrogen) atoms. The quantitative estimate of drug-likeness (QED) is 0.650. The number of carboxylic acids is 1. The number of hydrogen-bond donors (Lipinski definition) is 2. The topological polar surface area (TPSA) is 92.5 Å². The van der Waals surface area contributed by atoms with Gasteiger partial charge in [0.15, 0.2) is 0 Å². The van der Waals surface area contributed by atoms with Crippen LogP contribution in [0.25, 0.3) is 0 Å². The number of carbonyl (C=O) groups is 1. The van der Waals surface area contributed by atoms with Crippen LogP contribution >= 0.6 is 0 Å². The molecule has 0 radical (unpaired) electrons. The Bertz CT molecular complexity index is 698. The van der Waals surface area contributed by atoms with E-state index in [4.69, 9.17) is 5.11 Å². The van der Waals surface area contributed by atoms with E-state index in [0.29, 0.717) is 12.2 Å². The lowest BCUT2D eigenvalue weighted by atomic mass is 10.1. The van der Waals surface area contributed by atoms with Gasteiger partial charge in [-0.1, -0.05) is 29.8 Å². The van der Waals surface area contributed by atoms with Crippen LogP contribution in [0.4, 0.5) is 11.4 Å². The smallest absolute Gasteiger partial charge is 0.342 e. The maximum atomic E-state index is 10.9. The molecule has 0 aliphatic carbocycles. The summed E-state index contributed by atoms with van der Waals surface area (Å²) in [5.74, 6) is -1.31. The van der Waals surface area contributed by atoms with Gasteiger partial charge >= 0.3 is 5.97 Å². The van der Waals surface area contributed by atoms with E-state index >= 15 is 0 Å². The summed E-state index contributed by atoms with van der Waals surface area (Å²) in [5.41, 5.74) is 1.94. The number of aryl methyl sites for hydroxylation is 1. The van der Waals surface area contributed by atoms with Crippen LogP contribution in [0.5, 0.6) is 0 Å². The summed E-state index contributed by atoms with van der Waals surface area (Å²) in [6, 6.07) is 11.9. The molecule has 6 heteroatoms. The maximum absolute atomic E-state index is 10.9. The number of rotatable bonds is 5. The molecule has 0 spiro atoms. The summed E-state index contributed by atoms with van der Waals surface area (Å²) < 4.78 is 0. The minimum atomic E-state index is -1.31. The van der Waals surface area contributed by atoms with Gasteiger partial charge < -0.3 is 10.4 Å². The molecular formula is C15H14N2O4. The fourth-order valence-electron chi connectivity index (χ4n) is 2.00. The molecule has 108 valence electrons. The van der Waals surface area contributed by atoms with E-state index in [9.17, 15) is 14.9 Å². The molecule has 0 aliphatic rings. The second-order valence-corrected chi connectivity index (χ2v) is 4.64. The van der Waals surface area contributed by atoms with Crippen molar-refractivity contribution in [3.05, 3.63) is 69.3 Å². The Morgan fingerprint density at radius 3 is 2.67 bits per heavy atom. The van der Waals surface area contributed by atoms with Gasteiger partial charge in [0.25, 0.3) is 5.69 Å². The van der Waals surface area contributed by atoms with E-state index < -0.39 is 16.6 Å². The molecule has 0 amide bonds. The first-order valence-electron chi connectivity index (χ1n) is 6.28. The highest BCUT2D eigenvalue weighted by molar-refractivity contribution is 5.93. The first-order valence-corrected chi connectivity index (χ1v) is 6.28. The molecule has 6 nitrogen and oxygen atoms in total. The molecule has 2 rings (SSSR count). The largest absolute Gasteiger partial charge is 0.477 e. The van der Waals surface area contributed by atoms with Crippen molar-refractivity contribution in [3.63, 3.8) is 0 Å². The van der Waals surface area contributed by atoms with Crippen molar-refractivity contribution >= 4 is 17.3 Å². The van der Waals surface area contributed by atoms with Gasteiger partial charge in [-0.15, -0.1) is 0 Å². The minimum Gasteiger partial charge on any atom is -0.477 e. The summed E-state index contributed by atoms with van der Waals surface area (Å²) in [4.78, 5) is 21.1. The van der Waals surface area contributed by atoms with Crippen molar-refractivity contribution in [2.45, 2.75) is 13.5 Å². The van der Waals surface area contributed by atoms with Gasteiger partial charge in [0, 0.05) is 18.3 Å². The molecule has 0 aromatic heterocycles.